The van der Waals surface area contributed by atoms with Gasteiger partial charge in [-0.1, -0.05) is 0 Å². The van der Waals surface area contributed by atoms with E-state index in [0.717, 1.165) is 36.8 Å². The summed E-state index contributed by atoms with van der Waals surface area (Å²) >= 11 is 0. The zero-order valence-electron chi connectivity index (χ0n) is 11.9. The van der Waals surface area contributed by atoms with Crippen LogP contribution in [0.25, 0.3) is 0 Å². The number of hydrogen-bond acceptors (Lipinski definition) is 4. The minimum absolute atomic E-state index is 0.0359. The minimum Gasteiger partial charge on any atom is -0.349 e. The molecule has 0 radical (unpaired) electrons. The number of carbonyl (C=O) groups is 1. The van der Waals surface area contributed by atoms with Crippen molar-refractivity contribution in [1.82, 2.24) is 19.9 Å². The Kier molecular flexibility index (Phi) is 4.55. The first kappa shape index (κ1) is 14.0. The van der Waals surface area contributed by atoms with E-state index in [2.05, 4.69) is 10.3 Å². The molecular weight excluding hydrogens is 244 g/mol. The largest absolute Gasteiger partial charge is 0.349 e. The summed E-state index contributed by atoms with van der Waals surface area (Å²) in [6.45, 7) is 6.83. The number of aromatic nitrogens is 2. The van der Waals surface area contributed by atoms with E-state index in [-0.39, 0.29) is 5.91 Å². The third-order valence-corrected chi connectivity index (χ3v) is 3.57. The molecule has 2 rings (SSSR count). The quantitative estimate of drug-likeness (QED) is 0.851. The van der Waals surface area contributed by atoms with Crippen LogP contribution < -0.4 is 5.32 Å². The first-order chi connectivity index (χ1) is 9.08. The fourth-order valence-corrected chi connectivity index (χ4v) is 2.11. The fourth-order valence-electron chi connectivity index (χ4n) is 2.11. The van der Waals surface area contributed by atoms with Crippen molar-refractivity contribution < 1.29 is 9.63 Å². The number of imidazole rings is 1. The van der Waals surface area contributed by atoms with E-state index in [1.807, 2.05) is 30.5 Å². The van der Waals surface area contributed by atoms with Crippen molar-refractivity contribution in [2.75, 3.05) is 19.7 Å². The Morgan fingerprint density at radius 1 is 1.47 bits per heavy atom. The molecule has 0 spiro atoms. The highest BCUT2D eigenvalue weighted by atomic mass is 16.7. The van der Waals surface area contributed by atoms with Gasteiger partial charge in [-0.25, -0.2) is 4.98 Å². The summed E-state index contributed by atoms with van der Waals surface area (Å²) in [5.41, 5.74) is 2.15. The molecule has 0 saturated carbocycles. The monoisotopic (exact) mass is 266 g/mol. The van der Waals surface area contributed by atoms with Crippen molar-refractivity contribution in [2.24, 2.45) is 7.05 Å². The Balaban J connectivity index is 1.75. The molecule has 1 aliphatic rings. The zero-order chi connectivity index (χ0) is 13.8. The molecule has 0 aromatic carbocycles. The molecule has 0 atom stereocenters. The molecule has 19 heavy (non-hydrogen) atoms. The maximum Gasteiger partial charge on any atom is 0.221 e. The van der Waals surface area contributed by atoms with Gasteiger partial charge in [-0.15, -0.1) is 0 Å². The van der Waals surface area contributed by atoms with Crippen LogP contribution in [-0.4, -0.2) is 40.2 Å². The average molecular weight is 266 g/mol. The van der Waals surface area contributed by atoms with Gasteiger partial charge in [0.05, 0.1) is 18.8 Å². The Morgan fingerprint density at radius 3 is 2.84 bits per heavy atom. The van der Waals surface area contributed by atoms with Gasteiger partial charge in [0.25, 0.3) is 0 Å². The smallest absolute Gasteiger partial charge is 0.221 e. The number of carbonyl (C=O) groups excluding carboxylic acids is 1. The van der Waals surface area contributed by atoms with Crippen molar-refractivity contribution in [3.63, 3.8) is 0 Å². The number of nitrogens with zero attached hydrogens (tertiary/aromatic N) is 3. The standard InChI is InChI=1S/C13H22N4O2/c1-10-11(2)16(3)12(15-10)9-14-13(18)5-7-17-6-4-8-19-17/h4-9H2,1-3H3,(H,14,18). The summed E-state index contributed by atoms with van der Waals surface area (Å²) in [4.78, 5) is 21.5. The van der Waals surface area contributed by atoms with Crippen molar-refractivity contribution in [3.8, 4) is 0 Å². The first-order valence-electron chi connectivity index (χ1n) is 6.71. The second-order valence-corrected chi connectivity index (χ2v) is 4.90. The number of nitrogens with one attached hydrogen (secondary N) is 1. The van der Waals surface area contributed by atoms with Crippen LogP contribution in [0.1, 0.15) is 30.1 Å². The average Bonchev–Trinajstić information content (AvgIpc) is 2.99. The Morgan fingerprint density at radius 2 is 2.26 bits per heavy atom. The molecule has 0 unspecified atom stereocenters. The molecule has 1 N–H and O–H groups in total. The van der Waals surface area contributed by atoms with Gasteiger partial charge in [-0.05, 0) is 20.3 Å². The molecular formula is C13H22N4O2. The summed E-state index contributed by atoms with van der Waals surface area (Å²) in [6, 6.07) is 0. The molecule has 106 valence electrons. The van der Waals surface area contributed by atoms with Gasteiger partial charge in [0.15, 0.2) is 0 Å². The van der Waals surface area contributed by atoms with Gasteiger partial charge in [-0.2, -0.15) is 5.06 Å². The molecule has 1 aliphatic heterocycles. The number of hydroxylamine groups is 2. The van der Waals surface area contributed by atoms with Gasteiger partial charge in [-0.3, -0.25) is 9.63 Å². The second-order valence-electron chi connectivity index (χ2n) is 4.90. The Bertz CT molecular complexity index is 450. The van der Waals surface area contributed by atoms with E-state index >= 15 is 0 Å². The molecule has 1 aromatic heterocycles. The van der Waals surface area contributed by atoms with Gasteiger partial charge in [0, 0.05) is 32.3 Å². The van der Waals surface area contributed by atoms with Crippen LogP contribution in [0.15, 0.2) is 0 Å². The molecule has 6 heteroatoms. The summed E-state index contributed by atoms with van der Waals surface area (Å²) in [5.74, 6) is 0.926. The molecule has 0 aliphatic carbocycles. The fraction of sp³-hybridized carbons (Fsp3) is 0.692. The Hall–Kier alpha value is -1.40. The normalized spacial score (nSPS) is 15.9. The molecule has 1 aromatic rings. The summed E-state index contributed by atoms with van der Waals surface area (Å²) in [5, 5.41) is 4.76. The molecule has 1 amide bonds. The summed E-state index contributed by atoms with van der Waals surface area (Å²) in [6.07, 6.45) is 1.51. The highest BCUT2D eigenvalue weighted by Crippen LogP contribution is 2.08. The third-order valence-electron chi connectivity index (χ3n) is 3.57. The maximum absolute atomic E-state index is 11.7. The molecule has 6 nitrogen and oxygen atoms in total. The van der Waals surface area contributed by atoms with E-state index in [0.29, 0.717) is 19.5 Å². The van der Waals surface area contributed by atoms with Gasteiger partial charge >= 0.3 is 0 Å². The lowest BCUT2D eigenvalue weighted by molar-refractivity contribution is -0.130. The van der Waals surface area contributed by atoms with E-state index in [1.165, 1.54) is 0 Å². The van der Waals surface area contributed by atoms with Gasteiger partial charge in [0.1, 0.15) is 5.82 Å². The van der Waals surface area contributed by atoms with Crippen LogP contribution in [0.4, 0.5) is 0 Å². The van der Waals surface area contributed by atoms with Crippen LogP contribution in [-0.2, 0) is 23.2 Å². The van der Waals surface area contributed by atoms with Crippen LogP contribution in [0.2, 0.25) is 0 Å². The number of rotatable bonds is 5. The van der Waals surface area contributed by atoms with E-state index < -0.39 is 0 Å². The van der Waals surface area contributed by atoms with Crippen molar-refractivity contribution in [3.05, 3.63) is 17.2 Å². The lowest BCUT2D eigenvalue weighted by atomic mass is 10.3. The van der Waals surface area contributed by atoms with Crippen LogP contribution in [0.5, 0.6) is 0 Å². The second kappa shape index (κ2) is 6.16. The van der Waals surface area contributed by atoms with Crippen molar-refractivity contribution in [2.45, 2.75) is 33.2 Å². The van der Waals surface area contributed by atoms with E-state index in [9.17, 15) is 4.79 Å². The molecule has 0 bridgehead atoms. The Labute approximate surface area is 113 Å². The van der Waals surface area contributed by atoms with Crippen LogP contribution >= 0.6 is 0 Å². The lowest BCUT2D eigenvalue weighted by Gasteiger charge is -2.13. The van der Waals surface area contributed by atoms with Crippen LogP contribution in [0, 0.1) is 13.8 Å². The summed E-state index contributed by atoms with van der Waals surface area (Å²) < 4.78 is 2.01. The number of amides is 1. The maximum atomic E-state index is 11.7. The predicted octanol–water partition coefficient (Wildman–Crippen LogP) is 0.681. The van der Waals surface area contributed by atoms with Crippen LogP contribution in [0.3, 0.4) is 0 Å². The molecule has 1 fully saturated rings. The first-order valence-corrected chi connectivity index (χ1v) is 6.71. The van der Waals surface area contributed by atoms with Gasteiger partial charge in [0.2, 0.25) is 5.91 Å². The SMILES string of the molecule is Cc1nc(CNC(=O)CCN2CCCO2)n(C)c1C. The number of hydrogen-bond donors (Lipinski definition) is 1. The topological polar surface area (TPSA) is 59.4 Å². The van der Waals surface area contributed by atoms with Gasteiger partial charge < -0.3 is 9.88 Å². The lowest BCUT2D eigenvalue weighted by Crippen LogP contribution is -2.29. The minimum atomic E-state index is 0.0359. The van der Waals surface area contributed by atoms with E-state index in [4.69, 9.17) is 4.84 Å². The highest BCUT2D eigenvalue weighted by Gasteiger charge is 2.14. The third kappa shape index (κ3) is 3.54. The summed E-state index contributed by atoms with van der Waals surface area (Å²) in [7, 11) is 1.97. The highest BCUT2D eigenvalue weighted by molar-refractivity contribution is 5.75. The zero-order valence-corrected chi connectivity index (χ0v) is 11.9. The molecule has 2 heterocycles. The molecule has 1 saturated heterocycles. The van der Waals surface area contributed by atoms with E-state index in [1.54, 1.807) is 0 Å². The van der Waals surface area contributed by atoms with Crippen molar-refractivity contribution in [1.29, 1.82) is 0 Å². The van der Waals surface area contributed by atoms with Crippen molar-refractivity contribution >= 4 is 5.91 Å². The predicted molar refractivity (Wildman–Crippen MR) is 71.3 cm³/mol. The number of aryl methyl sites for hydroxylation is 1.